The summed E-state index contributed by atoms with van der Waals surface area (Å²) in [4.78, 5) is 48.0. The van der Waals surface area contributed by atoms with E-state index < -0.39 is 0 Å². The summed E-state index contributed by atoms with van der Waals surface area (Å²) in [6, 6.07) is 3.51. The summed E-state index contributed by atoms with van der Waals surface area (Å²) in [5.74, 6) is -0.00682. The molecule has 2 rings (SSSR count). The fourth-order valence-electron chi connectivity index (χ4n) is 2.21. The van der Waals surface area contributed by atoms with Crippen LogP contribution in [0.4, 0.5) is 0 Å². The van der Waals surface area contributed by atoms with Gasteiger partial charge >= 0.3 is 0 Å². The maximum Gasteiger partial charge on any atom is 0.254 e. The highest BCUT2D eigenvalue weighted by Gasteiger charge is 2.12. The summed E-state index contributed by atoms with van der Waals surface area (Å²) in [6.45, 7) is 1.68. The number of carbonyl (C=O) groups excluding carboxylic acids is 2. The zero-order chi connectivity index (χ0) is 18.4. The van der Waals surface area contributed by atoms with E-state index in [0.717, 1.165) is 5.56 Å². The molecule has 0 unspecified atom stereocenters. The number of carbonyl (C=O) groups is 2. The molecule has 2 amide bonds. The number of nitrogens with one attached hydrogen (secondary N) is 2. The van der Waals surface area contributed by atoms with E-state index in [2.05, 4.69) is 20.3 Å². The van der Waals surface area contributed by atoms with Crippen molar-refractivity contribution in [1.82, 2.24) is 25.2 Å². The molecule has 132 valence electrons. The maximum absolute atomic E-state index is 12.3. The van der Waals surface area contributed by atoms with Crippen LogP contribution >= 0.6 is 0 Å². The Bertz CT molecular complexity index is 815. The molecular weight excluding hydrogens is 322 g/mol. The van der Waals surface area contributed by atoms with Gasteiger partial charge in [-0.05, 0) is 25.5 Å². The summed E-state index contributed by atoms with van der Waals surface area (Å²) in [6.07, 6.45) is 3.61. The largest absolute Gasteiger partial charge is 0.347 e. The molecule has 0 bridgehead atoms. The van der Waals surface area contributed by atoms with E-state index in [9.17, 15) is 14.4 Å². The zero-order valence-electron chi connectivity index (χ0n) is 14.5. The smallest absolute Gasteiger partial charge is 0.254 e. The Morgan fingerprint density at radius 2 is 1.92 bits per heavy atom. The van der Waals surface area contributed by atoms with E-state index in [4.69, 9.17) is 0 Å². The molecule has 8 heteroatoms. The van der Waals surface area contributed by atoms with E-state index in [1.54, 1.807) is 45.5 Å². The number of aromatic nitrogens is 3. The Labute approximate surface area is 145 Å². The number of nitrogens with zero attached hydrogens (tertiary/aromatic N) is 3. The van der Waals surface area contributed by atoms with Crippen LogP contribution in [0.25, 0.3) is 11.4 Å². The van der Waals surface area contributed by atoms with Crippen LogP contribution in [0.3, 0.4) is 0 Å². The molecule has 0 aromatic carbocycles. The maximum atomic E-state index is 12.3. The van der Waals surface area contributed by atoms with Crippen molar-refractivity contribution in [2.24, 2.45) is 0 Å². The van der Waals surface area contributed by atoms with E-state index in [1.807, 2.05) is 0 Å². The molecule has 2 heterocycles. The van der Waals surface area contributed by atoms with Crippen molar-refractivity contribution in [1.29, 1.82) is 0 Å². The lowest BCUT2D eigenvalue weighted by Gasteiger charge is -2.11. The molecule has 0 saturated carbocycles. The first-order chi connectivity index (χ1) is 11.9. The third-order valence-electron chi connectivity index (χ3n) is 3.71. The summed E-state index contributed by atoms with van der Waals surface area (Å²) < 4.78 is 0. The first-order valence-corrected chi connectivity index (χ1v) is 7.85. The summed E-state index contributed by atoms with van der Waals surface area (Å²) in [5, 5.41) is 2.54. The van der Waals surface area contributed by atoms with Crippen LogP contribution in [0.2, 0.25) is 0 Å². The normalized spacial score (nSPS) is 10.4. The first kappa shape index (κ1) is 18.3. The molecule has 0 saturated heterocycles. The Morgan fingerprint density at radius 1 is 1.24 bits per heavy atom. The highest BCUT2D eigenvalue weighted by molar-refractivity contribution is 5.84. The number of amides is 2. The monoisotopic (exact) mass is 343 g/mol. The van der Waals surface area contributed by atoms with Crippen molar-refractivity contribution in [3.63, 3.8) is 0 Å². The lowest BCUT2D eigenvalue weighted by Crippen LogP contribution is -2.36. The minimum atomic E-state index is -0.285. The summed E-state index contributed by atoms with van der Waals surface area (Å²) in [7, 11) is 3.24. The van der Waals surface area contributed by atoms with Gasteiger partial charge in [0.2, 0.25) is 11.8 Å². The number of hydrogen-bond donors (Lipinski definition) is 2. The van der Waals surface area contributed by atoms with Crippen LogP contribution in [-0.2, 0) is 16.0 Å². The van der Waals surface area contributed by atoms with Crippen LogP contribution in [0.1, 0.15) is 17.7 Å². The predicted octanol–water partition coefficient (Wildman–Crippen LogP) is 0.277. The number of H-pyrrole nitrogens is 1. The lowest BCUT2D eigenvalue weighted by molar-refractivity contribution is -0.130. The second kappa shape index (κ2) is 8.18. The van der Waals surface area contributed by atoms with Crippen molar-refractivity contribution in [3.8, 4) is 11.4 Å². The quantitative estimate of drug-likeness (QED) is 0.783. The molecule has 8 nitrogen and oxygen atoms in total. The Kier molecular flexibility index (Phi) is 5.99. The van der Waals surface area contributed by atoms with Crippen LogP contribution in [0.5, 0.6) is 0 Å². The van der Waals surface area contributed by atoms with E-state index in [-0.39, 0.29) is 36.8 Å². The average Bonchev–Trinajstić information content (AvgIpc) is 2.59. The van der Waals surface area contributed by atoms with Crippen molar-refractivity contribution in [3.05, 3.63) is 46.1 Å². The second-order valence-corrected chi connectivity index (χ2v) is 5.78. The van der Waals surface area contributed by atoms with Crippen molar-refractivity contribution >= 4 is 11.8 Å². The molecule has 25 heavy (non-hydrogen) atoms. The summed E-state index contributed by atoms with van der Waals surface area (Å²) >= 11 is 0. The third-order valence-corrected chi connectivity index (χ3v) is 3.71. The van der Waals surface area contributed by atoms with Crippen LogP contribution in [-0.4, -0.2) is 52.3 Å². The van der Waals surface area contributed by atoms with Crippen LogP contribution in [0, 0.1) is 6.92 Å². The highest BCUT2D eigenvalue weighted by atomic mass is 16.2. The van der Waals surface area contributed by atoms with Gasteiger partial charge < -0.3 is 15.2 Å². The number of hydrogen-bond acceptors (Lipinski definition) is 5. The molecule has 2 aromatic rings. The number of aromatic amines is 1. The first-order valence-electron chi connectivity index (χ1n) is 7.85. The van der Waals surface area contributed by atoms with Gasteiger partial charge in [-0.1, -0.05) is 0 Å². The summed E-state index contributed by atoms with van der Waals surface area (Å²) in [5.41, 5.74) is 1.54. The Hall–Kier alpha value is -3.03. The number of rotatable bonds is 6. The van der Waals surface area contributed by atoms with Crippen molar-refractivity contribution < 1.29 is 9.59 Å². The van der Waals surface area contributed by atoms with Gasteiger partial charge in [0.25, 0.3) is 5.56 Å². The number of likely N-dealkylation sites (N-methyl/N-ethyl adjacent to an activating group) is 1. The molecule has 2 aromatic heterocycles. The molecule has 0 radical (unpaired) electrons. The lowest BCUT2D eigenvalue weighted by atomic mass is 10.1. The van der Waals surface area contributed by atoms with Gasteiger partial charge in [-0.15, -0.1) is 0 Å². The molecular formula is C17H21N5O3. The fourth-order valence-corrected chi connectivity index (χ4v) is 2.21. The Balaban J connectivity index is 2.02. The van der Waals surface area contributed by atoms with Gasteiger partial charge in [-0.3, -0.25) is 19.4 Å². The van der Waals surface area contributed by atoms with Gasteiger partial charge in [0.15, 0.2) is 0 Å². The standard InChI is InChI=1S/C17H21N5O3/c1-11-13(4-5-14(23)19-10-15(24)22(2)3)17(25)21-16(20-11)12-6-8-18-9-7-12/h6-9H,4-5,10H2,1-3H3,(H,19,23)(H,20,21,25). The molecule has 0 aliphatic heterocycles. The van der Waals surface area contributed by atoms with Gasteiger partial charge in [0, 0.05) is 49.7 Å². The van der Waals surface area contributed by atoms with Gasteiger partial charge in [0.1, 0.15) is 5.82 Å². The molecule has 0 aliphatic carbocycles. The molecule has 0 aliphatic rings. The Morgan fingerprint density at radius 3 is 2.52 bits per heavy atom. The van der Waals surface area contributed by atoms with Crippen LogP contribution in [0.15, 0.2) is 29.3 Å². The van der Waals surface area contributed by atoms with Crippen molar-refractivity contribution in [2.75, 3.05) is 20.6 Å². The van der Waals surface area contributed by atoms with E-state index in [0.29, 0.717) is 17.1 Å². The predicted molar refractivity (Wildman–Crippen MR) is 92.9 cm³/mol. The van der Waals surface area contributed by atoms with Gasteiger partial charge in [-0.25, -0.2) is 4.98 Å². The number of pyridine rings is 1. The molecule has 0 fully saturated rings. The minimum absolute atomic E-state index is 0.0552. The molecule has 0 atom stereocenters. The minimum Gasteiger partial charge on any atom is -0.347 e. The van der Waals surface area contributed by atoms with Gasteiger partial charge in [0.05, 0.1) is 6.54 Å². The molecule has 2 N–H and O–H groups in total. The SMILES string of the molecule is Cc1nc(-c2ccncc2)[nH]c(=O)c1CCC(=O)NCC(=O)N(C)C. The van der Waals surface area contributed by atoms with E-state index >= 15 is 0 Å². The van der Waals surface area contributed by atoms with Crippen LogP contribution < -0.4 is 10.9 Å². The van der Waals surface area contributed by atoms with E-state index in [1.165, 1.54) is 4.90 Å². The third kappa shape index (κ3) is 4.97. The fraction of sp³-hybridized carbons (Fsp3) is 0.353. The average molecular weight is 343 g/mol. The second-order valence-electron chi connectivity index (χ2n) is 5.78. The van der Waals surface area contributed by atoms with Crippen molar-refractivity contribution in [2.45, 2.75) is 19.8 Å². The zero-order valence-corrected chi connectivity index (χ0v) is 14.5. The topological polar surface area (TPSA) is 108 Å². The number of aryl methyl sites for hydroxylation is 1. The molecule has 0 spiro atoms. The highest BCUT2D eigenvalue weighted by Crippen LogP contribution is 2.13. The van der Waals surface area contributed by atoms with Gasteiger partial charge in [-0.2, -0.15) is 0 Å².